The molecule has 5 nitrogen and oxygen atoms in total. The number of hydrogen-bond acceptors (Lipinski definition) is 3. The van der Waals surface area contributed by atoms with Gasteiger partial charge in [-0.25, -0.2) is 0 Å². The van der Waals surface area contributed by atoms with E-state index in [1.165, 1.54) is 0 Å². The lowest BCUT2D eigenvalue weighted by Gasteiger charge is -2.11. The summed E-state index contributed by atoms with van der Waals surface area (Å²) in [5.41, 5.74) is 5.37. The minimum absolute atomic E-state index is 0.0598. The second kappa shape index (κ2) is 7.65. The number of nitrogens with one attached hydrogen (secondary N) is 2. The normalized spacial score (nSPS) is 10.3. The molecule has 0 radical (unpaired) electrons. The maximum absolute atomic E-state index is 12.0. The van der Waals surface area contributed by atoms with Crippen LogP contribution >= 0.6 is 11.6 Å². The third-order valence-corrected chi connectivity index (χ3v) is 3.23. The van der Waals surface area contributed by atoms with Crippen LogP contribution in [0, 0.1) is 0 Å². The first kappa shape index (κ1) is 16.8. The zero-order chi connectivity index (χ0) is 16.8. The summed E-state index contributed by atoms with van der Waals surface area (Å²) in [6.07, 6.45) is 0.0598. The van der Waals surface area contributed by atoms with Crippen LogP contribution in [0.2, 0.25) is 5.02 Å². The molecule has 0 atom stereocenters. The van der Waals surface area contributed by atoms with Crippen LogP contribution in [0.25, 0.3) is 0 Å². The molecule has 0 spiro atoms. The maximum atomic E-state index is 12.0. The highest BCUT2D eigenvalue weighted by Crippen LogP contribution is 2.15. The van der Waals surface area contributed by atoms with Gasteiger partial charge >= 0.3 is 0 Å². The maximum Gasteiger partial charge on any atom is 0.271 e. The Morgan fingerprint density at radius 2 is 1.57 bits per heavy atom. The fourth-order valence-corrected chi connectivity index (χ4v) is 2.08. The Kier molecular flexibility index (Phi) is 5.60. The summed E-state index contributed by atoms with van der Waals surface area (Å²) >= 11 is 5.92. The minimum atomic E-state index is -0.483. The molecular weight excluding hydrogens is 316 g/mol. The van der Waals surface area contributed by atoms with Gasteiger partial charge in [-0.1, -0.05) is 23.7 Å². The number of halogens is 1. The molecule has 0 fully saturated rings. The van der Waals surface area contributed by atoms with Crippen molar-refractivity contribution in [3.05, 3.63) is 64.7 Å². The molecule has 6 heteroatoms. The van der Waals surface area contributed by atoms with Crippen LogP contribution in [-0.4, -0.2) is 17.9 Å². The van der Waals surface area contributed by atoms with Crippen molar-refractivity contribution in [2.75, 3.05) is 0 Å². The van der Waals surface area contributed by atoms with Crippen molar-refractivity contribution in [3.8, 4) is 5.75 Å². The molecule has 0 bridgehead atoms. The van der Waals surface area contributed by atoms with Crippen molar-refractivity contribution in [1.29, 1.82) is 0 Å². The number of ether oxygens (including phenoxy) is 1. The summed E-state index contributed by atoms with van der Waals surface area (Å²) in [6.45, 7) is 3.84. The van der Waals surface area contributed by atoms with Gasteiger partial charge in [0.1, 0.15) is 5.75 Å². The topological polar surface area (TPSA) is 67.4 Å². The summed E-state index contributed by atoms with van der Waals surface area (Å²) in [6, 6.07) is 13.2. The highest BCUT2D eigenvalue weighted by Gasteiger charge is 2.11. The van der Waals surface area contributed by atoms with Gasteiger partial charge in [0.15, 0.2) is 0 Å². The smallest absolute Gasteiger partial charge is 0.271 e. The molecule has 0 heterocycles. The first-order valence-electron chi connectivity index (χ1n) is 7.09. The second-order valence-electron chi connectivity index (χ2n) is 5.08. The van der Waals surface area contributed by atoms with Crippen molar-refractivity contribution in [2.45, 2.75) is 20.0 Å². The van der Waals surface area contributed by atoms with E-state index in [2.05, 4.69) is 10.9 Å². The lowest BCUT2D eigenvalue weighted by Crippen LogP contribution is -2.41. The van der Waals surface area contributed by atoms with E-state index in [1.54, 1.807) is 48.5 Å². The van der Waals surface area contributed by atoms with E-state index in [-0.39, 0.29) is 11.7 Å². The van der Waals surface area contributed by atoms with E-state index in [4.69, 9.17) is 16.3 Å². The lowest BCUT2D eigenvalue weighted by atomic mass is 10.2. The number of amides is 2. The van der Waals surface area contributed by atoms with Crippen LogP contribution in [-0.2, 0) is 0 Å². The number of benzene rings is 2. The molecule has 2 aromatic carbocycles. The van der Waals surface area contributed by atoms with Gasteiger partial charge in [0.05, 0.1) is 16.7 Å². The fourth-order valence-electron chi connectivity index (χ4n) is 1.86. The van der Waals surface area contributed by atoms with Crippen LogP contribution < -0.4 is 15.6 Å². The number of rotatable bonds is 4. The predicted octanol–water partition coefficient (Wildman–Crippen LogP) is 3.20. The highest BCUT2D eigenvalue weighted by atomic mass is 35.5. The van der Waals surface area contributed by atoms with Crippen LogP contribution in [0.4, 0.5) is 0 Å². The SMILES string of the molecule is CC(C)Oc1ccc(C(=O)NNC(=O)c2ccccc2Cl)cc1. The van der Waals surface area contributed by atoms with E-state index in [1.807, 2.05) is 13.8 Å². The predicted molar refractivity (Wildman–Crippen MR) is 88.6 cm³/mol. The van der Waals surface area contributed by atoms with Gasteiger partial charge in [-0.3, -0.25) is 20.4 Å². The standard InChI is InChI=1S/C17H17ClN2O3/c1-11(2)23-13-9-7-12(8-10-13)16(21)19-20-17(22)14-5-3-4-6-15(14)18/h3-11H,1-2H3,(H,19,21)(H,20,22). The molecule has 0 aliphatic carbocycles. The lowest BCUT2D eigenvalue weighted by molar-refractivity contribution is 0.0846. The van der Waals surface area contributed by atoms with Crippen LogP contribution in [0.1, 0.15) is 34.6 Å². The highest BCUT2D eigenvalue weighted by molar-refractivity contribution is 6.33. The van der Waals surface area contributed by atoms with Crippen molar-refractivity contribution >= 4 is 23.4 Å². The van der Waals surface area contributed by atoms with Gasteiger partial charge in [0, 0.05) is 5.56 Å². The molecule has 120 valence electrons. The van der Waals surface area contributed by atoms with Crippen LogP contribution in [0.5, 0.6) is 5.75 Å². The van der Waals surface area contributed by atoms with Crippen molar-refractivity contribution < 1.29 is 14.3 Å². The zero-order valence-electron chi connectivity index (χ0n) is 12.8. The molecule has 0 aliphatic heterocycles. The Morgan fingerprint density at radius 1 is 0.957 bits per heavy atom. The first-order chi connectivity index (χ1) is 11.0. The average Bonchev–Trinajstić information content (AvgIpc) is 2.53. The van der Waals surface area contributed by atoms with Crippen LogP contribution in [0.3, 0.4) is 0 Å². The number of carbonyl (C=O) groups is 2. The Hall–Kier alpha value is -2.53. The van der Waals surface area contributed by atoms with E-state index in [0.717, 1.165) is 0 Å². The van der Waals surface area contributed by atoms with E-state index >= 15 is 0 Å². The van der Waals surface area contributed by atoms with Gasteiger partial charge < -0.3 is 4.74 Å². The van der Waals surface area contributed by atoms with Crippen molar-refractivity contribution in [1.82, 2.24) is 10.9 Å². The Balaban J connectivity index is 1.94. The van der Waals surface area contributed by atoms with Crippen molar-refractivity contribution in [2.24, 2.45) is 0 Å². The van der Waals surface area contributed by atoms with Gasteiger partial charge in [0.25, 0.3) is 11.8 Å². The summed E-state index contributed by atoms with van der Waals surface area (Å²) in [4.78, 5) is 23.9. The first-order valence-corrected chi connectivity index (χ1v) is 7.47. The van der Waals surface area contributed by atoms with Crippen LogP contribution in [0.15, 0.2) is 48.5 Å². The molecule has 0 saturated carbocycles. The van der Waals surface area contributed by atoms with E-state index in [0.29, 0.717) is 16.3 Å². The monoisotopic (exact) mass is 332 g/mol. The third kappa shape index (κ3) is 4.72. The second-order valence-corrected chi connectivity index (χ2v) is 5.49. The average molecular weight is 333 g/mol. The minimum Gasteiger partial charge on any atom is -0.491 e. The molecule has 0 aromatic heterocycles. The molecule has 2 aromatic rings. The Bertz CT molecular complexity index is 699. The summed E-state index contributed by atoms with van der Waals surface area (Å²) in [5, 5.41) is 0.314. The quantitative estimate of drug-likeness (QED) is 0.845. The molecule has 0 saturated heterocycles. The third-order valence-electron chi connectivity index (χ3n) is 2.90. The van der Waals surface area contributed by atoms with E-state index < -0.39 is 11.8 Å². The number of carbonyl (C=O) groups excluding carboxylic acids is 2. The molecule has 2 rings (SSSR count). The fraction of sp³-hybridized carbons (Fsp3) is 0.176. The summed E-state index contributed by atoms with van der Waals surface area (Å²) in [5.74, 6) is -0.234. The molecular formula is C17H17ClN2O3. The Morgan fingerprint density at radius 3 is 2.17 bits per heavy atom. The van der Waals surface area contributed by atoms with E-state index in [9.17, 15) is 9.59 Å². The largest absolute Gasteiger partial charge is 0.491 e. The number of hydrogen-bond donors (Lipinski definition) is 2. The Labute approximate surface area is 139 Å². The molecule has 23 heavy (non-hydrogen) atoms. The molecule has 0 aliphatic rings. The molecule has 2 N–H and O–H groups in total. The van der Waals surface area contributed by atoms with Gasteiger partial charge in [-0.05, 0) is 50.2 Å². The number of hydrazine groups is 1. The molecule has 2 amide bonds. The zero-order valence-corrected chi connectivity index (χ0v) is 13.6. The van der Waals surface area contributed by atoms with Crippen molar-refractivity contribution in [3.63, 3.8) is 0 Å². The van der Waals surface area contributed by atoms with Gasteiger partial charge in [0.2, 0.25) is 0 Å². The molecule has 0 unspecified atom stereocenters. The summed E-state index contributed by atoms with van der Waals surface area (Å²) < 4.78 is 5.50. The summed E-state index contributed by atoms with van der Waals surface area (Å²) in [7, 11) is 0. The van der Waals surface area contributed by atoms with Gasteiger partial charge in [-0.15, -0.1) is 0 Å². The van der Waals surface area contributed by atoms with Gasteiger partial charge in [-0.2, -0.15) is 0 Å².